The van der Waals surface area contributed by atoms with Gasteiger partial charge in [0.2, 0.25) is 5.79 Å². The molecule has 5 heteroatoms. The molecular formula is C15H21ClN2O2. The third kappa shape index (κ3) is 2.43. The van der Waals surface area contributed by atoms with Crippen LogP contribution in [0, 0.1) is 0 Å². The van der Waals surface area contributed by atoms with E-state index in [1.54, 1.807) is 14.2 Å². The molecule has 0 N–H and O–H groups in total. The Balaban J connectivity index is 0.00000147. The molecular weight excluding hydrogens is 276 g/mol. The lowest BCUT2D eigenvalue weighted by molar-refractivity contribution is -0.170. The summed E-state index contributed by atoms with van der Waals surface area (Å²) in [6.07, 6.45) is 1.94. The zero-order valence-corrected chi connectivity index (χ0v) is 12.7. The molecule has 3 rings (SSSR count). The number of aliphatic imine (C=N–C) groups is 1. The first-order valence-corrected chi connectivity index (χ1v) is 6.77. The molecule has 1 fully saturated rings. The standard InChI is InChI=1S/C15H20N2O2.ClH/c1-18-15(19-2)9-6-10-17-11-13(16-14(15)17)12-7-4-3-5-8-12;/h3-5,7-8,13H,6,9-11H2,1-2H3;1H/t13-;/m1./s1. The summed E-state index contributed by atoms with van der Waals surface area (Å²) in [5, 5.41) is 0. The zero-order valence-electron chi connectivity index (χ0n) is 11.9. The highest BCUT2D eigenvalue weighted by Gasteiger charge is 2.46. The number of piperidine rings is 1. The van der Waals surface area contributed by atoms with Crippen molar-refractivity contribution >= 4 is 18.2 Å². The Labute approximate surface area is 126 Å². The molecule has 0 saturated carbocycles. The SMILES string of the molecule is COC1(OC)CCCN2C[C@H](c3ccccc3)N=C21.Cl. The highest BCUT2D eigenvalue weighted by atomic mass is 35.5. The van der Waals surface area contributed by atoms with Crippen LogP contribution in [0.15, 0.2) is 35.3 Å². The highest BCUT2D eigenvalue weighted by molar-refractivity contribution is 5.91. The van der Waals surface area contributed by atoms with Crippen LogP contribution in [0.1, 0.15) is 24.4 Å². The average Bonchev–Trinajstić information content (AvgIpc) is 2.92. The van der Waals surface area contributed by atoms with Crippen LogP contribution in [0.3, 0.4) is 0 Å². The van der Waals surface area contributed by atoms with Gasteiger partial charge >= 0.3 is 0 Å². The fourth-order valence-electron chi connectivity index (χ4n) is 3.04. The molecule has 2 heterocycles. The quantitative estimate of drug-likeness (QED) is 0.804. The molecule has 0 aliphatic carbocycles. The minimum Gasteiger partial charge on any atom is -0.353 e. The van der Waals surface area contributed by atoms with Gasteiger partial charge in [-0.25, -0.2) is 0 Å². The van der Waals surface area contributed by atoms with Gasteiger partial charge in [0.1, 0.15) is 0 Å². The number of fused-ring (bicyclic) bond motifs is 1. The Morgan fingerprint density at radius 3 is 2.55 bits per heavy atom. The molecule has 1 atom stereocenters. The third-order valence-corrected chi connectivity index (χ3v) is 4.09. The Hall–Kier alpha value is -1.10. The number of halogens is 1. The van der Waals surface area contributed by atoms with Crippen molar-refractivity contribution in [3.8, 4) is 0 Å². The molecule has 2 aliphatic heterocycles. The van der Waals surface area contributed by atoms with Crippen LogP contribution in [-0.4, -0.2) is 43.8 Å². The van der Waals surface area contributed by atoms with Gasteiger partial charge in [-0.3, -0.25) is 4.99 Å². The topological polar surface area (TPSA) is 34.1 Å². The van der Waals surface area contributed by atoms with E-state index in [2.05, 4.69) is 29.2 Å². The second-order valence-electron chi connectivity index (χ2n) is 5.09. The normalized spacial score (nSPS) is 23.8. The second kappa shape index (κ2) is 6.12. The van der Waals surface area contributed by atoms with Crippen LogP contribution in [0.2, 0.25) is 0 Å². The number of hydrogen-bond donors (Lipinski definition) is 0. The van der Waals surface area contributed by atoms with Gasteiger partial charge in [-0.1, -0.05) is 30.3 Å². The van der Waals surface area contributed by atoms with Crippen molar-refractivity contribution < 1.29 is 9.47 Å². The zero-order chi connectivity index (χ0) is 13.3. The number of nitrogens with zero attached hydrogens (tertiary/aromatic N) is 2. The summed E-state index contributed by atoms with van der Waals surface area (Å²) in [6.45, 7) is 1.96. The average molecular weight is 297 g/mol. The van der Waals surface area contributed by atoms with Gasteiger partial charge in [0.25, 0.3) is 0 Å². The first-order valence-electron chi connectivity index (χ1n) is 6.77. The first kappa shape index (κ1) is 15.3. The fraction of sp³-hybridized carbons (Fsp3) is 0.533. The van der Waals surface area contributed by atoms with E-state index in [4.69, 9.17) is 14.5 Å². The van der Waals surface area contributed by atoms with Gasteiger partial charge in [0, 0.05) is 33.7 Å². The number of amidine groups is 1. The lowest BCUT2D eigenvalue weighted by Crippen LogP contribution is -2.53. The lowest BCUT2D eigenvalue weighted by Gasteiger charge is -2.39. The lowest BCUT2D eigenvalue weighted by atomic mass is 10.0. The summed E-state index contributed by atoms with van der Waals surface area (Å²) in [5.41, 5.74) is 1.26. The maximum Gasteiger partial charge on any atom is 0.227 e. The van der Waals surface area contributed by atoms with Gasteiger partial charge < -0.3 is 14.4 Å². The van der Waals surface area contributed by atoms with Crippen LogP contribution in [-0.2, 0) is 9.47 Å². The Morgan fingerprint density at radius 2 is 1.90 bits per heavy atom. The number of rotatable bonds is 3. The molecule has 0 unspecified atom stereocenters. The number of methoxy groups -OCH3 is 2. The number of ether oxygens (including phenoxy) is 2. The molecule has 4 nitrogen and oxygen atoms in total. The summed E-state index contributed by atoms with van der Waals surface area (Å²) >= 11 is 0. The summed E-state index contributed by atoms with van der Waals surface area (Å²) in [5.74, 6) is 0.305. The van der Waals surface area contributed by atoms with E-state index in [-0.39, 0.29) is 18.4 Å². The van der Waals surface area contributed by atoms with Crippen LogP contribution in [0.25, 0.3) is 0 Å². The Kier molecular flexibility index (Phi) is 4.68. The molecule has 0 bridgehead atoms. The summed E-state index contributed by atoms with van der Waals surface area (Å²) in [4.78, 5) is 7.17. The van der Waals surface area contributed by atoms with Crippen LogP contribution < -0.4 is 0 Å². The molecule has 1 saturated heterocycles. The molecule has 0 spiro atoms. The Morgan fingerprint density at radius 1 is 1.20 bits per heavy atom. The largest absolute Gasteiger partial charge is 0.353 e. The monoisotopic (exact) mass is 296 g/mol. The van der Waals surface area contributed by atoms with Crippen molar-refractivity contribution in [3.05, 3.63) is 35.9 Å². The van der Waals surface area contributed by atoms with Gasteiger partial charge in [-0.2, -0.15) is 0 Å². The maximum absolute atomic E-state index is 5.63. The molecule has 1 aromatic carbocycles. The van der Waals surface area contributed by atoms with E-state index >= 15 is 0 Å². The minimum absolute atomic E-state index is 0. The van der Waals surface area contributed by atoms with Crippen molar-refractivity contribution in [1.29, 1.82) is 0 Å². The molecule has 2 aliphatic rings. The smallest absolute Gasteiger partial charge is 0.227 e. The molecule has 0 amide bonds. The summed E-state index contributed by atoms with van der Waals surface area (Å²) in [6, 6.07) is 10.6. The molecule has 0 aromatic heterocycles. The third-order valence-electron chi connectivity index (χ3n) is 4.09. The van der Waals surface area contributed by atoms with E-state index < -0.39 is 5.79 Å². The van der Waals surface area contributed by atoms with E-state index in [0.29, 0.717) is 0 Å². The van der Waals surface area contributed by atoms with Crippen LogP contribution in [0.5, 0.6) is 0 Å². The second-order valence-corrected chi connectivity index (χ2v) is 5.09. The van der Waals surface area contributed by atoms with Gasteiger partial charge in [-0.05, 0) is 12.0 Å². The van der Waals surface area contributed by atoms with Gasteiger partial charge in [0.15, 0.2) is 5.84 Å². The van der Waals surface area contributed by atoms with E-state index in [9.17, 15) is 0 Å². The molecule has 110 valence electrons. The summed E-state index contributed by atoms with van der Waals surface area (Å²) in [7, 11) is 3.40. The van der Waals surface area contributed by atoms with Crippen molar-refractivity contribution in [2.45, 2.75) is 24.7 Å². The Bertz CT molecular complexity index is 474. The van der Waals surface area contributed by atoms with Gasteiger partial charge in [-0.15, -0.1) is 12.4 Å². The molecule has 0 radical (unpaired) electrons. The highest BCUT2D eigenvalue weighted by Crippen LogP contribution is 2.35. The molecule has 20 heavy (non-hydrogen) atoms. The fourth-order valence-corrected chi connectivity index (χ4v) is 3.04. The van der Waals surface area contributed by atoms with Crippen LogP contribution >= 0.6 is 12.4 Å². The minimum atomic E-state index is -0.651. The molecule has 1 aromatic rings. The van der Waals surface area contributed by atoms with Crippen molar-refractivity contribution in [2.75, 3.05) is 27.3 Å². The van der Waals surface area contributed by atoms with Crippen molar-refractivity contribution in [3.63, 3.8) is 0 Å². The predicted octanol–water partition coefficient (Wildman–Crippen LogP) is 2.65. The van der Waals surface area contributed by atoms with Crippen molar-refractivity contribution in [2.24, 2.45) is 4.99 Å². The van der Waals surface area contributed by atoms with E-state index in [0.717, 1.165) is 31.8 Å². The van der Waals surface area contributed by atoms with E-state index in [1.807, 2.05) is 6.07 Å². The van der Waals surface area contributed by atoms with Crippen molar-refractivity contribution in [1.82, 2.24) is 4.90 Å². The predicted molar refractivity (Wildman–Crippen MR) is 81.4 cm³/mol. The number of benzene rings is 1. The maximum atomic E-state index is 5.63. The number of hydrogen-bond acceptors (Lipinski definition) is 4. The summed E-state index contributed by atoms with van der Waals surface area (Å²) < 4.78 is 11.3. The first-order chi connectivity index (χ1) is 9.29. The van der Waals surface area contributed by atoms with Crippen LogP contribution in [0.4, 0.5) is 0 Å². The van der Waals surface area contributed by atoms with E-state index in [1.165, 1.54) is 5.56 Å². The van der Waals surface area contributed by atoms with Gasteiger partial charge in [0.05, 0.1) is 6.04 Å².